The van der Waals surface area contributed by atoms with Gasteiger partial charge in [0.2, 0.25) is 0 Å². The molecule has 1 saturated heterocycles. The fraction of sp³-hybridized carbons (Fsp3) is 0.417. The van der Waals surface area contributed by atoms with E-state index in [-0.39, 0.29) is 5.66 Å². The molecule has 0 amide bonds. The Kier molecular flexibility index (Phi) is 3.43. The topological polar surface area (TPSA) is 27.3 Å². The van der Waals surface area contributed by atoms with Gasteiger partial charge in [0.15, 0.2) is 5.11 Å². The van der Waals surface area contributed by atoms with Crippen LogP contribution in [0.2, 0.25) is 0 Å². The summed E-state index contributed by atoms with van der Waals surface area (Å²) in [4.78, 5) is 0. The molecular weight excluding hydrogens is 298 g/mol. The number of nitrogens with one attached hydrogen (secondary N) is 2. The second-order valence-corrected chi connectivity index (χ2v) is 5.94. The van der Waals surface area contributed by atoms with Crippen molar-refractivity contribution in [2.75, 3.05) is 0 Å². The van der Waals surface area contributed by atoms with Gasteiger partial charge in [-0.3, -0.25) is 5.01 Å². The zero-order valence-electron chi connectivity index (χ0n) is 10.1. The standard InChI is InChI=1S/C12H16BrN3S/c1-8(2)16-11(17)14-12(3,15-16)9-5-4-6-10(13)7-9/h4-8,15H,1-3H3,(H,14,17). The molecule has 1 aromatic rings. The third kappa shape index (κ3) is 2.46. The fourth-order valence-electron chi connectivity index (χ4n) is 1.89. The molecular formula is C12H16BrN3S. The van der Waals surface area contributed by atoms with Gasteiger partial charge in [-0.25, -0.2) is 5.43 Å². The van der Waals surface area contributed by atoms with Crippen LogP contribution in [0.1, 0.15) is 26.3 Å². The minimum Gasteiger partial charge on any atom is -0.338 e. The van der Waals surface area contributed by atoms with Crippen LogP contribution < -0.4 is 10.7 Å². The molecule has 17 heavy (non-hydrogen) atoms. The van der Waals surface area contributed by atoms with Crippen molar-refractivity contribution in [1.82, 2.24) is 15.8 Å². The van der Waals surface area contributed by atoms with Gasteiger partial charge in [-0.15, -0.1) is 0 Å². The van der Waals surface area contributed by atoms with Crippen molar-refractivity contribution in [1.29, 1.82) is 0 Å². The number of rotatable bonds is 2. The first-order valence-electron chi connectivity index (χ1n) is 5.57. The molecule has 5 heteroatoms. The van der Waals surface area contributed by atoms with E-state index in [0.717, 1.165) is 15.1 Å². The number of hydrazine groups is 1. The summed E-state index contributed by atoms with van der Waals surface area (Å²) in [5, 5.41) is 6.05. The lowest BCUT2D eigenvalue weighted by Crippen LogP contribution is -2.47. The van der Waals surface area contributed by atoms with E-state index in [1.165, 1.54) is 0 Å². The maximum absolute atomic E-state index is 5.34. The molecule has 0 aromatic heterocycles. The molecule has 0 aliphatic carbocycles. The van der Waals surface area contributed by atoms with Crippen LogP contribution in [0.15, 0.2) is 28.7 Å². The molecule has 0 saturated carbocycles. The zero-order valence-corrected chi connectivity index (χ0v) is 12.5. The highest BCUT2D eigenvalue weighted by molar-refractivity contribution is 9.10. The first-order valence-corrected chi connectivity index (χ1v) is 6.78. The first kappa shape index (κ1) is 12.8. The lowest BCUT2D eigenvalue weighted by atomic mass is 10.0. The molecule has 0 spiro atoms. The van der Waals surface area contributed by atoms with Gasteiger partial charge in [0.1, 0.15) is 5.66 Å². The number of benzene rings is 1. The number of halogens is 1. The molecule has 1 aliphatic heterocycles. The SMILES string of the molecule is CC(C)N1NC(C)(c2cccc(Br)c2)NC1=S. The summed E-state index contributed by atoms with van der Waals surface area (Å²) in [6.07, 6.45) is 0. The first-order chi connectivity index (χ1) is 7.92. The van der Waals surface area contributed by atoms with Gasteiger partial charge < -0.3 is 5.32 Å². The molecule has 1 fully saturated rings. The highest BCUT2D eigenvalue weighted by Gasteiger charge is 2.38. The van der Waals surface area contributed by atoms with Gasteiger partial charge in [0.05, 0.1) is 0 Å². The Hall–Kier alpha value is -0.650. The van der Waals surface area contributed by atoms with Crippen molar-refractivity contribution >= 4 is 33.3 Å². The zero-order chi connectivity index (χ0) is 12.6. The predicted octanol–water partition coefficient (Wildman–Crippen LogP) is 2.72. The van der Waals surface area contributed by atoms with Crippen LogP contribution in [0.3, 0.4) is 0 Å². The molecule has 1 atom stereocenters. The second-order valence-electron chi connectivity index (χ2n) is 4.64. The number of thiocarbonyl (C=S) groups is 1. The second kappa shape index (κ2) is 4.55. The minimum absolute atomic E-state index is 0.323. The maximum atomic E-state index is 5.34. The van der Waals surface area contributed by atoms with Gasteiger partial charge in [-0.2, -0.15) is 0 Å². The molecule has 3 nitrogen and oxygen atoms in total. The molecule has 1 heterocycles. The third-order valence-corrected chi connectivity index (χ3v) is 3.63. The Morgan fingerprint density at radius 2 is 2.12 bits per heavy atom. The van der Waals surface area contributed by atoms with Crippen molar-refractivity contribution < 1.29 is 0 Å². The van der Waals surface area contributed by atoms with E-state index < -0.39 is 0 Å². The summed E-state index contributed by atoms with van der Waals surface area (Å²) in [5.41, 5.74) is 4.23. The number of hydrogen-bond donors (Lipinski definition) is 2. The summed E-state index contributed by atoms with van der Waals surface area (Å²) in [7, 11) is 0. The monoisotopic (exact) mass is 313 g/mol. The Balaban J connectivity index is 2.30. The molecule has 0 bridgehead atoms. The Morgan fingerprint density at radius 3 is 2.65 bits per heavy atom. The van der Waals surface area contributed by atoms with Crippen LogP contribution in [0, 0.1) is 0 Å². The minimum atomic E-state index is -0.342. The van der Waals surface area contributed by atoms with E-state index in [1.54, 1.807) is 0 Å². The molecule has 1 aliphatic rings. The average Bonchev–Trinajstić information content (AvgIpc) is 2.56. The largest absolute Gasteiger partial charge is 0.338 e. The normalized spacial score (nSPS) is 24.3. The maximum Gasteiger partial charge on any atom is 0.185 e. The number of nitrogens with zero attached hydrogens (tertiary/aromatic N) is 1. The van der Waals surface area contributed by atoms with Crippen LogP contribution in [-0.2, 0) is 5.66 Å². The van der Waals surface area contributed by atoms with Crippen LogP contribution in [0.5, 0.6) is 0 Å². The van der Waals surface area contributed by atoms with Gasteiger partial charge in [0, 0.05) is 10.5 Å². The van der Waals surface area contributed by atoms with Crippen molar-refractivity contribution in [3.63, 3.8) is 0 Å². The predicted molar refractivity (Wildman–Crippen MR) is 77.3 cm³/mol. The summed E-state index contributed by atoms with van der Waals surface area (Å²) >= 11 is 8.83. The van der Waals surface area contributed by atoms with Crippen LogP contribution >= 0.6 is 28.1 Å². The molecule has 2 rings (SSSR count). The lowest BCUT2D eigenvalue weighted by molar-refractivity contribution is 0.202. The highest BCUT2D eigenvalue weighted by Crippen LogP contribution is 2.26. The van der Waals surface area contributed by atoms with E-state index in [2.05, 4.69) is 59.6 Å². The number of hydrogen-bond acceptors (Lipinski definition) is 2. The van der Waals surface area contributed by atoms with Crippen molar-refractivity contribution in [3.05, 3.63) is 34.3 Å². The van der Waals surface area contributed by atoms with Gasteiger partial charge in [-0.05, 0) is 50.7 Å². The summed E-state index contributed by atoms with van der Waals surface area (Å²) in [6.45, 7) is 6.30. The van der Waals surface area contributed by atoms with Crippen LogP contribution in [0.4, 0.5) is 0 Å². The summed E-state index contributed by atoms with van der Waals surface area (Å²) in [6, 6.07) is 8.53. The quantitative estimate of drug-likeness (QED) is 0.821. The molecule has 2 N–H and O–H groups in total. The van der Waals surface area contributed by atoms with E-state index >= 15 is 0 Å². The van der Waals surface area contributed by atoms with Gasteiger partial charge >= 0.3 is 0 Å². The Labute approximate surface area is 116 Å². The van der Waals surface area contributed by atoms with Crippen LogP contribution in [-0.4, -0.2) is 16.2 Å². The molecule has 1 unspecified atom stereocenters. The van der Waals surface area contributed by atoms with E-state index in [9.17, 15) is 0 Å². The summed E-state index contributed by atoms with van der Waals surface area (Å²) < 4.78 is 1.06. The van der Waals surface area contributed by atoms with Crippen molar-refractivity contribution in [2.24, 2.45) is 0 Å². The van der Waals surface area contributed by atoms with E-state index in [1.807, 2.05) is 17.1 Å². The molecule has 1 aromatic carbocycles. The van der Waals surface area contributed by atoms with E-state index in [0.29, 0.717) is 6.04 Å². The smallest absolute Gasteiger partial charge is 0.185 e. The molecule has 0 radical (unpaired) electrons. The van der Waals surface area contributed by atoms with Gasteiger partial charge in [-0.1, -0.05) is 28.1 Å². The average molecular weight is 314 g/mol. The Bertz CT molecular complexity index is 449. The van der Waals surface area contributed by atoms with E-state index in [4.69, 9.17) is 12.2 Å². The highest BCUT2D eigenvalue weighted by atomic mass is 79.9. The van der Waals surface area contributed by atoms with Crippen molar-refractivity contribution in [3.8, 4) is 0 Å². The Morgan fingerprint density at radius 1 is 1.41 bits per heavy atom. The summed E-state index contributed by atoms with van der Waals surface area (Å²) in [5.74, 6) is 0. The lowest BCUT2D eigenvalue weighted by Gasteiger charge is -2.27. The third-order valence-electron chi connectivity index (χ3n) is 2.84. The van der Waals surface area contributed by atoms with Crippen molar-refractivity contribution in [2.45, 2.75) is 32.5 Å². The fourth-order valence-corrected chi connectivity index (χ4v) is 2.75. The van der Waals surface area contributed by atoms with Gasteiger partial charge in [0.25, 0.3) is 0 Å². The van der Waals surface area contributed by atoms with Crippen LogP contribution in [0.25, 0.3) is 0 Å². The molecule has 92 valence electrons.